The predicted molar refractivity (Wildman–Crippen MR) is 53.4 cm³/mol. The van der Waals surface area contributed by atoms with E-state index in [1.807, 2.05) is 0 Å². The molecule has 1 aliphatic heterocycles. The first-order valence-electron chi connectivity index (χ1n) is 5.25. The largest absolute Gasteiger partial charge is 0.433 e. The molecule has 3 nitrogen and oxygen atoms in total. The van der Waals surface area contributed by atoms with Crippen molar-refractivity contribution in [3.63, 3.8) is 0 Å². The minimum atomic E-state index is -4.48. The molecule has 94 valence electrons. The Bertz CT molecular complexity index is 385. The van der Waals surface area contributed by atoms with E-state index in [2.05, 4.69) is 9.97 Å². The number of piperidine rings is 1. The Morgan fingerprint density at radius 1 is 1.18 bits per heavy atom. The van der Waals surface area contributed by atoms with Gasteiger partial charge >= 0.3 is 6.18 Å². The van der Waals surface area contributed by atoms with Gasteiger partial charge in [-0.25, -0.2) is 14.4 Å². The quantitative estimate of drug-likeness (QED) is 0.716. The average Bonchev–Trinajstić information content (AvgIpc) is 2.29. The molecule has 0 radical (unpaired) electrons. The molecule has 1 saturated heterocycles. The molecule has 7 heteroatoms. The second-order valence-electron chi connectivity index (χ2n) is 3.92. The highest BCUT2D eigenvalue weighted by Gasteiger charge is 2.33. The van der Waals surface area contributed by atoms with Gasteiger partial charge in [0.2, 0.25) is 0 Å². The van der Waals surface area contributed by atoms with Crippen molar-refractivity contribution in [2.75, 3.05) is 18.0 Å². The first kappa shape index (κ1) is 12.1. The van der Waals surface area contributed by atoms with E-state index in [4.69, 9.17) is 0 Å². The Morgan fingerprint density at radius 2 is 1.82 bits per heavy atom. The minimum absolute atomic E-state index is 0.208. The van der Waals surface area contributed by atoms with Gasteiger partial charge < -0.3 is 4.90 Å². The van der Waals surface area contributed by atoms with Crippen LogP contribution in [0, 0.1) is 0 Å². The molecule has 0 unspecified atom stereocenters. The normalized spacial score (nSPS) is 18.5. The van der Waals surface area contributed by atoms with E-state index < -0.39 is 18.0 Å². The van der Waals surface area contributed by atoms with Crippen LogP contribution in [0.1, 0.15) is 18.5 Å². The lowest BCUT2D eigenvalue weighted by molar-refractivity contribution is -0.141. The zero-order chi connectivity index (χ0) is 12.5. The van der Waals surface area contributed by atoms with E-state index in [9.17, 15) is 17.6 Å². The molecule has 17 heavy (non-hydrogen) atoms. The number of halogens is 4. The fourth-order valence-corrected chi connectivity index (χ4v) is 1.75. The van der Waals surface area contributed by atoms with E-state index in [1.54, 1.807) is 4.90 Å². The van der Waals surface area contributed by atoms with Crippen LogP contribution < -0.4 is 4.90 Å². The van der Waals surface area contributed by atoms with Crippen molar-refractivity contribution in [2.45, 2.75) is 25.2 Å². The molecule has 1 fully saturated rings. The second kappa shape index (κ2) is 4.46. The molecule has 0 aliphatic carbocycles. The molecule has 0 aromatic carbocycles. The fraction of sp³-hybridized carbons (Fsp3) is 0.600. The van der Waals surface area contributed by atoms with Gasteiger partial charge in [0.15, 0.2) is 0 Å². The molecular weight excluding hydrogens is 238 g/mol. The lowest BCUT2D eigenvalue weighted by Crippen LogP contribution is -2.35. The number of hydrogen-bond acceptors (Lipinski definition) is 3. The van der Waals surface area contributed by atoms with Crippen molar-refractivity contribution < 1.29 is 17.6 Å². The highest BCUT2D eigenvalue weighted by atomic mass is 19.4. The summed E-state index contributed by atoms with van der Waals surface area (Å²) < 4.78 is 50.2. The van der Waals surface area contributed by atoms with Crippen molar-refractivity contribution in [2.24, 2.45) is 0 Å². The number of hydrogen-bond donors (Lipinski definition) is 0. The molecule has 2 rings (SSSR count). The number of rotatable bonds is 1. The van der Waals surface area contributed by atoms with Gasteiger partial charge in [-0.05, 0) is 12.8 Å². The third-order valence-corrected chi connectivity index (χ3v) is 2.69. The first-order valence-corrected chi connectivity index (χ1v) is 5.25. The third-order valence-electron chi connectivity index (χ3n) is 2.69. The monoisotopic (exact) mass is 249 g/mol. The van der Waals surface area contributed by atoms with Crippen LogP contribution in [0.15, 0.2) is 12.4 Å². The summed E-state index contributed by atoms with van der Waals surface area (Å²) in [5.41, 5.74) is -0.968. The number of nitrogens with zero attached hydrogens (tertiary/aromatic N) is 3. The summed E-state index contributed by atoms with van der Waals surface area (Å²) in [6, 6.07) is 0.901. The minimum Gasteiger partial charge on any atom is -0.356 e. The van der Waals surface area contributed by atoms with E-state index in [-0.39, 0.29) is 5.82 Å². The van der Waals surface area contributed by atoms with Crippen molar-refractivity contribution in [1.82, 2.24) is 9.97 Å². The van der Waals surface area contributed by atoms with Crippen LogP contribution in [-0.4, -0.2) is 29.2 Å². The molecule has 0 saturated carbocycles. The van der Waals surface area contributed by atoms with Gasteiger partial charge in [0, 0.05) is 19.2 Å². The van der Waals surface area contributed by atoms with E-state index >= 15 is 0 Å². The van der Waals surface area contributed by atoms with Crippen LogP contribution >= 0.6 is 0 Å². The lowest BCUT2D eigenvalue weighted by atomic mass is 10.1. The maximum absolute atomic E-state index is 12.9. The number of alkyl halides is 4. The molecule has 1 aliphatic rings. The summed E-state index contributed by atoms with van der Waals surface area (Å²) >= 11 is 0. The highest BCUT2D eigenvalue weighted by molar-refractivity contribution is 5.39. The summed E-state index contributed by atoms with van der Waals surface area (Å²) in [6.45, 7) is 0.769. The Balaban J connectivity index is 2.16. The van der Waals surface area contributed by atoms with Crippen LogP contribution in [-0.2, 0) is 6.18 Å². The van der Waals surface area contributed by atoms with Crippen LogP contribution in [0.2, 0.25) is 0 Å². The van der Waals surface area contributed by atoms with Crippen LogP contribution in [0.5, 0.6) is 0 Å². The highest BCUT2D eigenvalue weighted by Crippen LogP contribution is 2.29. The number of aromatic nitrogens is 2. The summed E-state index contributed by atoms with van der Waals surface area (Å²) in [7, 11) is 0. The topological polar surface area (TPSA) is 29.0 Å². The Hall–Kier alpha value is -1.40. The number of anilines is 1. The van der Waals surface area contributed by atoms with Crippen LogP contribution in [0.25, 0.3) is 0 Å². The zero-order valence-electron chi connectivity index (χ0n) is 8.91. The molecular formula is C10H11F4N3. The molecule has 0 amide bonds. The lowest BCUT2D eigenvalue weighted by Gasteiger charge is -2.29. The van der Waals surface area contributed by atoms with Crippen molar-refractivity contribution in [3.05, 3.63) is 18.1 Å². The van der Waals surface area contributed by atoms with Gasteiger partial charge in [-0.3, -0.25) is 0 Å². The van der Waals surface area contributed by atoms with Gasteiger partial charge in [0.05, 0.1) is 0 Å². The first-order chi connectivity index (χ1) is 7.97. The van der Waals surface area contributed by atoms with Gasteiger partial charge in [0.1, 0.15) is 24.0 Å². The summed E-state index contributed by atoms with van der Waals surface area (Å²) in [4.78, 5) is 8.62. The molecule has 0 spiro atoms. The van der Waals surface area contributed by atoms with Crippen molar-refractivity contribution in [1.29, 1.82) is 0 Å². The molecule has 0 N–H and O–H groups in total. The summed E-state index contributed by atoms with van der Waals surface area (Å²) in [6.07, 6.45) is -3.80. The summed E-state index contributed by atoms with van der Waals surface area (Å²) in [5.74, 6) is 0.208. The Labute approximate surface area is 95.5 Å². The zero-order valence-corrected chi connectivity index (χ0v) is 8.91. The third kappa shape index (κ3) is 2.83. The van der Waals surface area contributed by atoms with Crippen molar-refractivity contribution >= 4 is 5.82 Å². The standard InChI is InChI=1S/C10H11F4N3/c11-7-1-3-17(4-2-7)9-5-8(10(12,13)14)15-6-16-9/h5-7H,1-4H2. The average molecular weight is 249 g/mol. The molecule has 1 aromatic rings. The van der Waals surface area contributed by atoms with Gasteiger partial charge in [-0.2, -0.15) is 13.2 Å². The molecule has 1 aromatic heterocycles. The van der Waals surface area contributed by atoms with Crippen LogP contribution in [0.4, 0.5) is 23.4 Å². The molecule has 0 atom stereocenters. The van der Waals surface area contributed by atoms with E-state index in [1.165, 1.54) is 0 Å². The summed E-state index contributed by atoms with van der Waals surface area (Å²) in [5, 5.41) is 0. The SMILES string of the molecule is FC1CCN(c2cc(C(F)(F)F)ncn2)CC1. The van der Waals surface area contributed by atoms with Crippen LogP contribution in [0.3, 0.4) is 0 Å². The van der Waals surface area contributed by atoms with Gasteiger partial charge in [-0.15, -0.1) is 0 Å². The van der Waals surface area contributed by atoms with Crippen molar-refractivity contribution in [3.8, 4) is 0 Å². The maximum Gasteiger partial charge on any atom is 0.433 e. The van der Waals surface area contributed by atoms with E-state index in [0.717, 1.165) is 12.4 Å². The van der Waals surface area contributed by atoms with E-state index in [0.29, 0.717) is 25.9 Å². The smallest absolute Gasteiger partial charge is 0.356 e. The fourth-order valence-electron chi connectivity index (χ4n) is 1.75. The molecule has 2 heterocycles. The predicted octanol–water partition coefficient (Wildman–Crippen LogP) is 2.43. The van der Waals surface area contributed by atoms with Gasteiger partial charge in [0.25, 0.3) is 0 Å². The van der Waals surface area contributed by atoms with Gasteiger partial charge in [-0.1, -0.05) is 0 Å². The Kier molecular flexibility index (Phi) is 3.17. The molecule has 0 bridgehead atoms. The second-order valence-corrected chi connectivity index (χ2v) is 3.92. The maximum atomic E-state index is 12.9. The Morgan fingerprint density at radius 3 is 2.41 bits per heavy atom.